The van der Waals surface area contributed by atoms with Gasteiger partial charge < -0.3 is 23.8 Å². The number of carbonyl (C=O) groups is 1. The molecule has 1 aliphatic carbocycles. The molecule has 5 atom stereocenters. The zero-order valence-corrected chi connectivity index (χ0v) is 30.7. The van der Waals surface area contributed by atoms with E-state index in [1.165, 1.54) is 12.1 Å². The standard InChI is InChI=1S/C35H57F3O6Si2/c1-7-45(8-2,9-3)43-29(26-42-28-19-17-18-27(24-28)35(36,37)38)22-23-31-30(20-15-13-14-16-21-34(40)41)32(39)25-33(31)44-46(10-4,11-5)12-6/h13,15,17-19,22-24,29-33,39H,7-12,14,16,20-21,25-26H2,1-6H3,(H,40,41)/t29-,30-,31-,32+,33-/m1/s1. The van der Waals surface area contributed by atoms with E-state index in [1.54, 1.807) is 0 Å². The summed E-state index contributed by atoms with van der Waals surface area (Å²) in [5.41, 5.74) is -0.758. The predicted octanol–water partition coefficient (Wildman–Crippen LogP) is 9.62. The molecule has 0 spiro atoms. The maximum Gasteiger partial charge on any atom is 0.416 e. The van der Waals surface area contributed by atoms with Gasteiger partial charge in [-0.1, -0.05) is 71.9 Å². The molecular formula is C35H57F3O6Si2. The number of benzene rings is 1. The van der Waals surface area contributed by atoms with Crippen LogP contribution in [0.15, 0.2) is 48.6 Å². The number of carboxylic acids is 1. The molecule has 46 heavy (non-hydrogen) atoms. The van der Waals surface area contributed by atoms with Crippen LogP contribution in [0, 0.1) is 11.8 Å². The quantitative estimate of drug-likeness (QED) is 0.0761. The number of aliphatic hydroxyl groups is 1. The molecular weight excluding hydrogens is 630 g/mol. The molecule has 1 aromatic carbocycles. The van der Waals surface area contributed by atoms with Gasteiger partial charge in [0, 0.05) is 12.3 Å². The molecule has 0 saturated heterocycles. The fourth-order valence-electron chi connectivity index (χ4n) is 6.52. The molecule has 0 aliphatic heterocycles. The van der Waals surface area contributed by atoms with Gasteiger partial charge in [0.1, 0.15) is 12.4 Å². The number of hydrogen-bond acceptors (Lipinski definition) is 5. The number of ether oxygens (including phenoxy) is 1. The van der Waals surface area contributed by atoms with Crippen LogP contribution in [0.25, 0.3) is 0 Å². The number of aliphatic hydroxyl groups excluding tert-OH is 1. The first kappa shape index (κ1) is 40.2. The molecule has 2 N–H and O–H groups in total. The Morgan fingerprint density at radius 3 is 2.20 bits per heavy atom. The van der Waals surface area contributed by atoms with Crippen molar-refractivity contribution in [3.05, 3.63) is 54.1 Å². The smallest absolute Gasteiger partial charge is 0.416 e. The van der Waals surface area contributed by atoms with Gasteiger partial charge in [-0.15, -0.1) is 0 Å². The molecule has 0 amide bonds. The first-order valence-electron chi connectivity index (χ1n) is 17.2. The molecule has 11 heteroatoms. The lowest BCUT2D eigenvalue weighted by Crippen LogP contribution is -2.42. The summed E-state index contributed by atoms with van der Waals surface area (Å²) >= 11 is 0. The first-order chi connectivity index (χ1) is 21.8. The van der Waals surface area contributed by atoms with Crippen LogP contribution in [-0.2, 0) is 19.8 Å². The average Bonchev–Trinajstić information content (AvgIpc) is 3.33. The van der Waals surface area contributed by atoms with E-state index in [4.69, 9.17) is 18.7 Å². The molecule has 0 aromatic heterocycles. The lowest BCUT2D eigenvalue weighted by Gasteiger charge is -2.35. The zero-order valence-electron chi connectivity index (χ0n) is 28.7. The average molecular weight is 687 g/mol. The highest BCUT2D eigenvalue weighted by atomic mass is 28.4. The van der Waals surface area contributed by atoms with Gasteiger partial charge in [-0.2, -0.15) is 13.2 Å². The van der Waals surface area contributed by atoms with E-state index in [0.29, 0.717) is 25.7 Å². The van der Waals surface area contributed by atoms with Crippen LogP contribution in [0.4, 0.5) is 13.2 Å². The fraction of sp³-hybridized carbons (Fsp3) is 0.686. The summed E-state index contributed by atoms with van der Waals surface area (Å²) < 4.78 is 59.8. The van der Waals surface area contributed by atoms with E-state index >= 15 is 0 Å². The lowest BCUT2D eigenvalue weighted by atomic mass is 9.89. The van der Waals surface area contributed by atoms with Crippen LogP contribution in [-0.4, -0.2) is 57.7 Å². The summed E-state index contributed by atoms with van der Waals surface area (Å²) in [6, 6.07) is 10.6. The fourth-order valence-corrected chi connectivity index (χ4v) is 12.2. The highest BCUT2D eigenvalue weighted by Crippen LogP contribution is 2.41. The Labute approximate surface area is 276 Å². The lowest BCUT2D eigenvalue weighted by molar-refractivity contribution is -0.138. The van der Waals surface area contributed by atoms with Gasteiger partial charge in [0.15, 0.2) is 16.6 Å². The van der Waals surface area contributed by atoms with Crippen molar-refractivity contribution in [1.82, 2.24) is 0 Å². The molecule has 1 fully saturated rings. The number of alkyl halides is 3. The number of allylic oxidation sites excluding steroid dienone is 2. The maximum atomic E-state index is 13.4. The molecule has 0 bridgehead atoms. The number of unbranched alkanes of at least 4 members (excludes halogenated alkanes) is 1. The molecule has 1 aromatic rings. The van der Waals surface area contributed by atoms with Gasteiger partial charge in [0.05, 0.1) is 23.9 Å². The summed E-state index contributed by atoms with van der Waals surface area (Å²) in [5, 5.41) is 20.2. The van der Waals surface area contributed by atoms with Crippen LogP contribution in [0.3, 0.4) is 0 Å². The van der Waals surface area contributed by atoms with Gasteiger partial charge in [-0.3, -0.25) is 4.79 Å². The van der Waals surface area contributed by atoms with E-state index in [-0.39, 0.29) is 36.7 Å². The second kappa shape index (κ2) is 19.2. The number of carboxylic acid groups (broad SMARTS) is 1. The van der Waals surface area contributed by atoms with E-state index in [1.807, 2.05) is 18.2 Å². The van der Waals surface area contributed by atoms with Crippen LogP contribution in [0.1, 0.15) is 79.2 Å². The molecule has 6 nitrogen and oxygen atoms in total. The van der Waals surface area contributed by atoms with Crippen LogP contribution >= 0.6 is 0 Å². The molecule has 1 aliphatic rings. The Bertz CT molecular complexity index is 1090. The summed E-state index contributed by atoms with van der Waals surface area (Å²) in [6.07, 6.45) is 4.99. The molecule has 0 radical (unpaired) electrons. The van der Waals surface area contributed by atoms with Crippen molar-refractivity contribution in [2.45, 2.75) is 134 Å². The topological polar surface area (TPSA) is 85.2 Å². The molecule has 1 saturated carbocycles. The van der Waals surface area contributed by atoms with Crippen LogP contribution in [0.2, 0.25) is 36.3 Å². The Morgan fingerprint density at radius 1 is 1.00 bits per heavy atom. The Kier molecular flexibility index (Phi) is 16.8. The van der Waals surface area contributed by atoms with Crippen molar-refractivity contribution in [3.63, 3.8) is 0 Å². The number of halogens is 3. The molecule has 262 valence electrons. The van der Waals surface area contributed by atoms with Gasteiger partial charge in [-0.05, 0) is 86.1 Å². The SMILES string of the molecule is CC[Si](CC)(CC)O[C@H](C=C[C@@H]1[C@@H](CC=CCCCC(=O)O)[C@@H](O)C[C@H]1O[Si](CC)(CC)CC)COc1cccc(C(F)(F)F)c1. The summed E-state index contributed by atoms with van der Waals surface area (Å²) in [4.78, 5) is 10.9. The monoisotopic (exact) mass is 686 g/mol. The predicted molar refractivity (Wildman–Crippen MR) is 183 cm³/mol. The van der Waals surface area contributed by atoms with E-state index < -0.39 is 46.6 Å². The Hall–Kier alpha value is -1.93. The third-order valence-corrected chi connectivity index (χ3v) is 19.4. The number of hydrogen-bond donors (Lipinski definition) is 2. The minimum absolute atomic E-state index is 0.0685. The Balaban J connectivity index is 2.40. The Morgan fingerprint density at radius 2 is 1.63 bits per heavy atom. The van der Waals surface area contributed by atoms with Crippen molar-refractivity contribution in [2.24, 2.45) is 11.8 Å². The minimum atomic E-state index is -4.46. The second-order valence-electron chi connectivity index (χ2n) is 12.6. The van der Waals surface area contributed by atoms with Crippen molar-refractivity contribution < 1.29 is 41.8 Å². The zero-order chi connectivity index (χ0) is 34.4. The minimum Gasteiger partial charge on any atom is -0.491 e. The third-order valence-electron chi connectivity index (χ3n) is 10.0. The van der Waals surface area contributed by atoms with E-state index in [9.17, 15) is 23.1 Å². The van der Waals surface area contributed by atoms with E-state index in [0.717, 1.165) is 48.4 Å². The van der Waals surface area contributed by atoms with Crippen LogP contribution in [0.5, 0.6) is 5.75 Å². The van der Waals surface area contributed by atoms with Crippen molar-refractivity contribution in [1.29, 1.82) is 0 Å². The highest BCUT2D eigenvalue weighted by molar-refractivity contribution is 6.74. The molecule has 0 unspecified atom stereocenters. The van der Waals surface area contributed by atoms with E-state index in [2.05, 4.69) is 47.6 Å². The van der Waals surface area contributed by atoms with Gasteiger partial charge in [0.25, 0.3) is 0 Å². The van der Waals surface area contributed by atoms with Crippen molar-refractivity contribution in [2.75, 3.05) is 6.61 Å². The van der Waals surface area contributed by atoms with Gasteiger partial charge >= 0.3 is 12.1 Å². The largest absolute Gasteiger partial charge is 0.491 e. The van der Waals surface area contributed by atoms with Crippen molar-refractivity contribution >= 4 is 22.6 Å². The summed E-state index contributed by atoms with van der Waals surface area (Å²) in [6.45, 7) is 13.0. The first-order valence-corrected chi connectivity index (χ1v) is 22.3. The van der Waals surface area contributed by atoms with Crippen LogP contribution < -0.4 is 4.74 Å². The number of rotatable bonds is 21. The van der Waals surface area contributed by atoms with Gasteiger partial charge in [0.2, 0.25) is 0 Å². The van der Waals surface area contributed by atoms with Crippen molar-refractivity contribution in [3.8, 4) is 5.75 Å². The highest BCUT2D eigenvalue weighted by Gasteiger charge is 2.45. The van der Waals surface area contributed by atoms with Gasteiger partial charge in [-0.25, -0.2) is 0 Å². The second-order valence-corrected chi connectivity index (χ2v) is 22.0. The maximum absolute atomic E-state index is 13.4. The summed E-state index contributed by atoms with van der Waals surface area (Å²) in [5.74, 6) is -0.849. The normalized spacial score (nSPS) is 21.8. The third kappa shape index (κ3) is 11.9. The molecule has 0 heterocycles. The summed E-state index contributed by atoms with van der Waals surface area (Å²) in [7, 11) is -4.11. The molecule has 2 rings (SSSR count). The number of aliphatic carboxylic acids is 1.